The summed E-state index contributed by atoms with van der Waals surface area (Å²) < 4.78 is 33.9. The molecule has 0 spiro atoms. The Labute approximate surface area is 83.7 Å². The molecule has 0 radical (unpaired) electrons. The summed E-state index contributed by atoms with van der Waals surface area (Å²) in [6, 6.07) is 0. The van der Waals surface area contributed by atoms with E-state index in [2.05, 4.69) is 20.2 Å². The molecule has 6 nitrogen and oxygen atoms in total. The van der Waals surface area contributed by atoms with Gasteiger partial charge in [0.05, 0.1) is 21.2 Å². The summed E-state index contributed by atoms with van der Waals surface area (Å²) in [5, 5.41) is 0. The quantitative estimate of drug-likeness (QED) is 0.519. The fourth-order valence-electron chi connectivity index (χ4n) is 0.665. The number of hydrogen-bond donors (Lipinski definition) is 1. The van der Waals surface area contributed by atoms with E-state index < -0.39 is 10.4 Å². The second-order valence-corrected chi connectivity index (χ2v) is 3.85. The molecule has 0 unspecified atom stereocenters. The Morgan fingerprint density at radius 1 is 1.57 bits per heavy atom. The first-order chi connectivity index (χ1) is 6.28. The van der Waals surface area contributed by atoms with Crippen LogP contribution in [-0.4, -0.2) is 24.6 Å². The van der Waals surface area contributed by atoms with Gasteiger partial charge in [-0.05, 0) is 0 Å². The van der Waals surface area contributed by atoms with Crippen molar-refractivity contribution in [3.05, 3.63) is 18.2 Å². The van der Waals surface area contributed by atoms with Crippen LogP contribution in [0.3, 0.4) is 0 Å². The predicted octanol–water partition coefficient (Wildman–Crippen LogP) is -0.406. The van der Waals surface area contributed by atoms with Gasteiger partial charge < -0.3 is 0 Å². The summed E-state index contributed by atoms with van der Waals surface area (Å²) in [6.45, 7) is 2.08. The summed E-state index contributed by atoms with van der Waals surface area (Å²) in [6.07, 6.45) is 4.07. The number of nitrogens with zero attached hydrogens (tertiary/aromatic N) is 2. The summed E-state index contributed by atoms with van der Waals surface area (Å²) in [5.74, 6) is 1.27. The van der Waals surface area contributed by atoms with Gasteiger partial charge in [0.1, 0.15) is 12.4 Å². The Balaban J connectivity index is 0.000000255. The molecule has 0 saturated carbocycles. The largest absolute Gasteiger partial charge is 0.397 e. The second-order valence-electron chi connectivity index (χ2n) is 2.66. The van der Waals surface area contributed by atoms with Gasteiger partial charge in [0, 0.05) is 6.92 Å². The maximum Gasteiger partial charge on any atom is 0.397 e. The van der Waals surface area contributed by atoms with Crippen molar-refractivity contribution in [1.82, 2.24) is 4.57 Å². The van der Waals surface area contributed by atoms with E-state index in [0.717, 1.165) is 7.11 Å². The van der Waals surface area contributed by atoms with Gasteiger partial charge in [-0.15, -0.1) is 0 Å². The molecule has 0 atom stereocenters. The van der Waals surface area contributed by atoms with Crippen LogP contribution in [0.5, 0.6) is 0 Å². The second kappa shape index (κ2) is 5.08. The van der Waals surface area contributed by atoms with E-state index in [1.165, 1.54) is 5.82 Å². The summed E-state index contributed by atoms with van der Waals surface area (Å²) in [4.78, 5) is 0. The molecule has 82 valence electrons. The van der Waals surface area contributed by atoms with E-state index in [1.54, 1.807) is 0 Å². The van der Waals surface area contributed by atoms with Crippen LogP contribution < -0.4 is 4.57 Å². The molecule has 1 aromatic heterocycles. The van der Waals surface area contributed by atoms with Crippen molar-refractivity contribution in [1.29, 1.82) is 0 Å². The van der Waals surface area contributed by atoms with Crippen LogP contribution in [-0.2, 0) is 28.7 Å². The Kier molecular flexibility index (Phi) is 4.75. The highest BCUT2D eigenvalue weighted by atomic mass is 32.3. The zero-order valence-corrected chi connectivity index (χ0v) is 9.45. The predicted molar refractivity (Wildman–Crippen MR) is 49.9 cm³/mol. The molecule has 1 aromatic rings. The summed E-state index contributed by atoms with van der Waals surface area (Å²) in [5.41, 5.74) is 0. The molecule has 0 amide bonds. The van der Waals surface area contributed by atoms with E-state index in [9.17, 15) is 8.42 Å². The lowest BCUT2D eigenvalue weighted by atomic mass is 10.7. The normalized spacial score (nSPS) is 10.6. The monoisotopic (exact) mass is 223 g/mol. The van der Waals surface area contributed by atoms with Crippen LogP contribution >= 0.6 is 0 Å². The first-order valence-electron chi connectivity index (χ1n) is 3.78. The minimum absolute atomic E-state index is 0.870. The van der Waals surface area contributed by atoms with Crippen molar-refractivity contribution in [3.8, 4) is 0 Å². The molecule has 1 heterocycles. The third-order valence-electron chi connectivity index (χ3n) is 1.75. The molecule has 1 N–H and O–H groups in total. The SMILES string of the molecule is COS(=O)(=O)O.Cc1n(C)cc[n+]1C. The van der Waals surface area contributed by atoms with Gasteiger partial charge in [-0.1, -0.05) is 0 Å². The van der Waals surface area contributed by atoms with E-state index in [0.29, 0.717) is 0 Å². The number of aryl methyl sites for hydroxylation is 2. The van der Waals surface area contributed by atoms with E-state index >= 15 is 0 Å². The average molecular weight is 223 g/mol. The van der Waals surface area contributed by atoms with Crippen LogP contribution in [0.1, 0.15) is 5.82 Å². The highest BCUT2D eigenvalue weighted by Gasteiger charge is 2.00. The van der Waals surface area contributed by atoms with Crippen molar-refractivity contribution in [2.24, 2.45) is 14.1 Å². The molecule has 0 aliphatic carbocycles. The third-order valence-corrected chi connectivity index (χ3v) is 2.17. The smallest absolute Gasteiger partial charge is 0.264 e. The molecule has 0 saturated heterocycles. The molecule has 7 heteroatoms. The minimum atomic E-state index is -4.16. The molecule has 14 heavy (non-hydrogen) atoms. The van der Waals surface area contributed by atoms with Gasteiger partial charge in [0.15, 0.2) is 0 Å². The summed E-state index contributed by atoms with van der Waals surface area (Å²) in [7, 11) is 0.782. The molecular formula is C7H15N2O4S+. The first kappa shape index (κ1) is 13.1. The third kappa shape index (κ3) is 4.95. The Hall–Kier alpha value is -0.920. The molecular weight excluding hydrogens is 208 g/mol. The topological polar surface area (TPSA) is 72.4 Å². The maximum atomic E-state index is 9.33. The number of aromatic nitrogens is 2. The van der Waals surface area contributed by atoms with Crippen molar-refractivity contribution < 1.29 is 21.7 Å². The van der Waals surface area contributed by atoms with Crippen molar-refractivity contribution in [2.75, 3.05) is 7.11 Å². The zero-order valence-electron chi connectivity index (χ0n) is 8.63. The molecule has 0 fully saturated rings. The number of hydrogen-bond acceptors (Lipinski definition) is 3. The van der Waals surface area contributed by atoms with Gasteiger partial charge in [0.25, 0.3) is 5.82 Å². The van der Waals surface area contributed by atoms with Gasteiger partial charge in [-0.3, -0.25) is 8.74 Å². The Morgan fingerprint density at radius 2 is 2.00 bits per heavy atom. The molecule has 1 rings (SSSR count). The maximum absolute atomic E-state index is 9.33. The molecule has 0 aliphatic rings. The zero-order chi connectivity index (χ0) is 11.4. The molecule has 0 aliphatic heterocycles. The van der Waals surface area contributed by atoms with Crippen LogP contribution in [0.2, 0.25) is 0 Å². The lowest BCUT2D eigenvalue weighted by Gasteiger charge is -1.84. The van der Waals surface area contributed by atoms with Crippen molar-refractivity contribution in [2.45, 2.75) is 6.92 Å². The van der Waals surface area contributed by atoms with Gasteiger partial charge in [-0.25, -0.2) is 9.13 Å². The van der Waals surface area contributed by atoms with E-state index in [1.807, 2.05) is 26.5 Å². The molecule has 0 aromatic carbocycles. The fourth-order valence-corrected chi connectivity index (χ4v) is 0.665. The lowest BCUT2D eigenvalue weighted by Crippen LogP contribution is -2.29. The highest BCUT2D eigenvalue weighted by molar-refractivity contribution is 7.80. The minimum Gasteiger partial charge on any atom is -0.264 e. The average Bonchev–Trinajstić information content (AvgIpc) is 2.36. The van der Waals surface area contributed by atoms with Crippen LogP contribution in [0, 0.1) is 6.92 Å². The number of rotatable bonds is 1. The Bertz CT molecular complexity index is 363. The summed E-state index contributed by atoms with van der Waals surface area (Å²) >= 11 is 0. The van der Waals surface area contributed by atoms with Gasteiger partial charge >= 0.3 is 10.4 Å². The van der Waals surface area contributed by atoms with Gasteiger partial charge in [-0.2, -0.15) is 8.42 Å². The number of imidazole rings is 1. The molecule has 0 bridgehead atoms. The standard InChI is InChI=1S/C6H11N2.CH4O4S/c1-6-7(2)4-5-8(6)3;1-5-6(2,3)4/h4-5H,1-3H3;1H3,(H,2,3,4)/q+1;. The van der Waals surface area contributed by atoms with Crippen molar-refractivity contribution >= 4 is 10.4 Å². The first-order valence-corrected chi connectivity index (χ1v) is 5.15. The van der Waals surface area contributed by atoms with E-state index in [4.69, 9.17) is 4.55 Å². The van der Waals surface area contributed by atoms with Crippen LogP contribution in [0.15, 0.2) is 12.4 Å². The lowest BCUT2D eigenvalue weighted by molar-refractivity contribution is -0.677. The van der Waals surface area contributed by atoms with Crippen LogP contribution in [0.4, 0.5) is 0 Å². The fraction of sp³-hybridized carbons (Fsp3) is 0.571. The van der Waals surface area contributed by atoms with E-state index in [-0.39, 0.29) is 0 Å². The highest BCUT2D eigenvalue weighted by Crippen LogP contribution is 1.84. The Morgan fingerprint density at radius 3 is 2.07 bits per heavy atom. The van der Waals surface area contributed by atoms with Gasteiger partial charge in [0.2, 0.25) is 0 Å². The van der Waals surface area contributed by atoms with Crippen LogP contribution in [0.25, 0.3) is 0 Å². The van der Waals surface area contributed by atoms with Crippen molar-refractivity contribution in [3.63, 3.8) is 0 Å².